The summed E-state index contributed by atoms with van der Waals surface area (Å²) in [5.74, 6) is -1.71. The van der Waals surface area contributed by atoms with Crippen LogP contribution in [0.3, 0.4) is 0 Å². The molecule has 8 heteroatoms. The lowest BCUT2D eigenvalue weighted by molar-refractivity contribution is -0.153. The molecular weight excluding hydrogens is 446 g/mol. The molecule has 3 heterocycles. The fraction of sp³-hybridized carbons (Fsp3) is 0.741. The monoisotopic (exact) mass is 489 g/mol. The van der Waals surface area contributed by atoms with Gasteiger partial charge in [-0.2, -0.15) is 0 Å². The smallest absolute Gasteiger partial charge is 0.248 e. The van der Waals surface area contributed by atoms with Crippen LogP contribution in [0.2, 0.25) is 0 Å². The van der Waals surface area contributed by atoms with Crippen LogP contribution < -0.4 is 0 Å². The predicted molar refractivity (Wildman–Crippen MR) is 134 cm³/mol. The maximum Gasteiger partial charge on any atom is 0.248 e. The van der Waals surface area contributed by atoms with E-state index in [0.29, 0.717) is 51.9 Å². The number of likely N-dealkylation sites (tertiary alicyclic amines) is 1. The standard InChI is InChI=1S/C27H43N3O5/c1-6-9-17-29(16-8-3)25(34)22-27-14-13-26(4,35-27)20(23(32)28(5)15-7-2)21(27)24(33)30(22)18-11-10-12-19-31/h7-8,20-22,31H,2-3,6,9-19H2,1,4-5H3/t20-,21-,22?,26+,27?/m0/s1. The molecule has 0 aromatic rings. The number of ether oxygens (including phenoxy) is 1. The zero-order valence-electron chi connectivity index (χ0n) is 21.7. The van der Waals surface area contributed by atoms with Gasteiger partial charge in [0.05, 0.1) is 17.4 Å². The van der Waals surface area contributed by atoms with Crippen molar-refractivity contribution in [2.45, 2.75) is 76.0 Å². The minimum Gasteiger partial charge on any atom is -0.396 e. The third-order valence-electron chi connectivity index (χ3n) is 8.06. The minimum absolute atomic E-state index is 0.0979. The minimum atomic E-state index is -0.999. The lowest BCUT2D eigenvalue weighted by Gasteiger charge is -2.37. The van der Waals surface area contributed by atoms with Crippen molar-refractivity contribution >= 4 is 17.7 Å². The molecule has 3 fully saturated rings. The van der Waals surface area contributed by atoms with Gasteiger partial charge in [0.1, 0.15) is 11.6 Å². The highest BCUT2D eigenvalue weighted by atomic mass is 16.5. The molecule has 0 aliphatic carbocycles. The average molecular weight is 490 g/mol. The number of nitrogens with zero attached hydrogens (tertiary/aromatic N) is 3. The molecule has 3 amide bonds. The number of carbonyl (C=O) groups is 3. The molecule has 0 aromatic heterocycles. The van der Waals surface area contributed by atoms with Crippen molar-refractivity contribution < 1.29 is 24.2 Å². The Balaban J connectivity index is 2.01. The summed E-state index contributed by atoms with van der Waals surface area (Å²) in [4.78, 5) is 46.7. The van der Waals surface area contributed by atoms with Crippen LogP contribution in [0.4, 0.5) is 0 Å². The van der Waals surface area contributed by atoms with Gasteiger partial charge in [0.15, 0.2) is 0 Å². The molecular formula is C27H43N3O5. The van der Waals surface area contributed by atoms with Crippen molar-refractivity contribution in [1.29, 1.82) is 0 Å². The quantitative estimate of drug-likeness (QED) is 0.299. The Bertz CT molecular complexity index is 832. The van der Waals surface area contributed by atoms with Crippen molar-refractivity contribution in [3.8, 4) is 0 Å². The summed E-state index contributed by atoms with van der Waals surface area (Å²) in [6, 6.07) is -0.754. The number of rotatable bonds is 14. The summed E-state index contributed by atoms with van der Waals surface area (Å²) in [5, 5.41) is 9.18. The van der Waals surface area contributed by atoms with E-state index in [1.807, 2.05) is 6.92 Å². The van der Waals surface area contributed by atoms with E-state index in [2.05, 4.69) is 20.1 Å². The van der Waals surface area contributed by atoms with E-state index in [-0.39, 0.29) is 24.3 Å². The van der Waals surface area contributed by atoms with Gasteiger partial charge < -0.3 is 24.5 Å². The average Bonchev–Trinajstić information content (AvgIpc) is 3.39. The van der Waals surface area contributed by atoms with Crippen molar-refractivity contribution in [3.63, 3.8) is 0 Å². The fourth-order valence-corrected chi connectivity index (χ4v) is 6.38. The van der Waals surface area contributed by atoms with Gasteiger partial charge in [0.25, 0.3) is 0 Å². The molecule has 1 N–H and O–H groups in total. The molecule has 8 nitrogen and oxygen atoms in total. The van der Waals surface area contributed by atoms with E-state index < -0.39 is 29.1 Å². The van der Waals surface area contributed by atoms with E-state index in [1.54, 1.807) is 33.9 Å². The second-order valence-electron chi connectivity index (χ2n) is 10.5. The summed E-state index contributed by atoms with van der Waals surface area (Å²) in [5.41, 5.74) is -1.78. The highest BCUT2D eigenvalue weighted by Crippen LogP contribution is 2.63. The van der Waals surface area contributed by atoms with Crippen LogP contribution in [0.1, 0.15) is 58.8 Å². The number of fused-ring (bicyclic) bond motifs is 1. The third-order valence-corrected chi connectivity index (χ3v) is 8.06. The second kappa shape index (κ2) is 11.2. The van der Waals surface area contributed by atoms with Gasteiger partial charge in [-0.25, -0.2) is 0 Å². The van der Waals surface area contributed by atoms with Gasteiger partial charge in [-0.15, -0.1) is 13.2 Å². The Labute approximate surface area is 210 Å². The second-order valence-corrected chi connectivity index (χ2v) is 10.5. The topological polar surface area (TPSA) is 90.4 Å². The molecule has 3 saturated heterocycles. The summed E-state index contributed by atoms with van der Waals surface area (Å²) in [7, 11) is 1.72. The van der Waals surface area contributed by atoms with Crippen LogP contribution in [-0.2, 0) is 19.1 Å². The molecule has 0 radical (unpaired) electrons. The number of aliphatic hydroxyl groups excluding tert-OH is 1. The first-order valence-corrected chi connectivity index (χ1v) is 13.1. The summed E-state index contributed by atoms with van der Waals surface area (Å²) < 4.78 is 6.68. The third kappa shape index (κ3) is 4.79. The van der Waals surface area contributed by atoms with Gasteiger partial charge in [0, 0.05) is 39.8 Å². The number of carbonyl (C=O) groups excluding carboxylic acids is 3. The van der Waals surface area contributed by atoms with Crippen LogP contribution >= 0.6 is 0 Å². The molecule has 35 heavy (non-hydrogen) atoms. The lowest BCUT2D eigenvalue weighted by Crippen LogP contribution is -2.56. The molecule has 3 rings (SSSR count). The summed E-state index contributed by atoms with van der Waals surface area (Å²) in [6.07, 6.45) is 8.49. The number of likely N-dealkylation sites (N-methyl/N-ethyl adjacent to an activating group) is 1. The van der Waals surface area contributed by atoms with Gasteiger partial charge in [0.2, 0.25) is 17.7 Å². The van der Waals surface area contributed by atoms with Crippen molar-refractivity contribution in [2.75, 3.05) is 39.8 Å². The van der Waals surface area contributed by atoms with Crippen LogP contribution in [-0.4, -0.2) is 94.6 Å². The molecule has 2 unspecified atom stereocenters. The van der Waals surface area contributed by atoms with Gasteiger partial charge in [-0.3, -0.25) is 14.4 Å². The first-order valence-electron chi connectivity index (χ1n) is 13.1. The maximum absolute atomic E-state index is 14.1. The highest BCUT2D eigenvalue weighted by molar-refractivity contribution is 5.99. The molecule has 5 atom stereocenters. The van der Waals surface area contributed by atoms with Crippen molar-refractivity contribution in [1.82, 2.24) is 14.7 Å². The number of amides is 3. The molecule has 3 aliphatic heterocycles. The Morgan fingerprint density at radius 3 is 2.49 bits per heavy atom. The zero-order chi connectivity index (χ0) is 25.8. The van der Waals surface area contributed by atoms with Gasteiger partial charge >= 0.3 is 0 Å². The van der Waals surface area contributed by atoms with Crippen LogP contribution in [0.5, 0.6) is 0 Å². The largest absolute Gasteiger partial charge is 0.396 e. The number of hydrogen-bond acceptors (Lipinski definition) is 5. The highest BCUT2D eigenvalue weighted by Gasteiger charge is 2.78. The lowest BCUT2D eigenvalue weighted by atomic mass is 9.66. The molecule has 1 spiro atoms. The molecule has 2 bridgehead atoms. The number of aliphatic hydroxyl groups is 1. The van der Waals surface area contributed by atoms with Crippen molar-refractivity contribution in [3.05, 3.63) is 25.3 Å². The van der Waals surface area contributed by atoms with Crippen molar-refractivity contribution in [2.24, 2.45) is 11.8 Å². The first kappa shape index (κ1) is 27.4. The van der Waals surface area contributed by atoms with Crippen LogP contribution in [0, 0.1) is 11.8 Å². The Morgan fingerprint density at radius 1 is 1.14 bits per heavy atom. The van der Waals surface area contributed by atoms with Gasteiger partial charge in [-0.05, 0) is 45.4 Å². The summed E-state index contributed by atoms with van der Waals surface area (Å²) >= 11 is 0. The zero-order valence-corrected chi connectivity index (χ0v) is 21.7. The molecule has 3 aliphatic rings. The van der Waals surface area contributed by atoms with Crippen LogP contribution in [0.25, 0.3) is 0 Å². The molecule has 0 saturated carbocycles. The Kier molecular flexibility index (Phi) is 8.81. The van der Waals surface area contributed by atoms with E-state index >= 15 is 0 Å². The number of hydrogen-bond donors (Lipinski definition) is 1. The SMILES string of the molecule is C=CCN(C)C(=O)[C@@H]1[C@H]2C(=O)N(CCCCCO)C(C(=O)N(CC=C)CCCC)C23CC[C@@]1(C)O3. The van der Waals surface area contributed by atoms with E-state index in [1.165, 1.54) is 0 Å². The molecule has 196 valence electrons. The maximum atomic E-state index is 14.1. The fourth-order valence-electron chi connectivity index (χ4n) is 6.38. The Morgan fingerprint density at radius 2 is 1.86 bits per heavy atom. The van der Waals surface area contributed by atoms with Gasteiger partial charge in [-0.1, -0.05) is 25.5 Å². The normalized spacial score (nSPS) is 30.9. The van der Waals surface area contributed by atoms with E-state index in [4.69, 9.17) is 4.74 Å². The molecule has 0 aromatic carbocycles. The van der Waals surface area contributed by atoms with E-state index in [9.17, 15) is 19.5 Å². The number of unbranched alkanes of at least 4 members (excludes halogenated alkanes) is 3. The summed E-state index contributed by atoms with van der Waals surface area (Å²) in [6.45, 7) is 13.5. The predicted octanol–water partition coefficient (Wildman–Crippen LogP) is 2.37. The Hall–Kier alpha value is -2.19. The first-order chi connectivity index (χ1) is 16.7. The van der Waals surface area contributed by atoms with E-state index in [0.717, 1.165) is 19.3 Å². The van der Waals surface area contributed by atoms with Crippen LogP contribution in [0.15, 0.2) is 25.3 Å².